The predicted octanol–water partition coefficient (Wildman–Crippen LogP) is 5.38. The Hall–Kier alpha value is -2.15. The average molecular weight is 412 g/mol. The zero-order valence-corrected chi connectivity index (χ0v) is 15.9. The molecule has 0 saturated heterocycles. The van der Waals surface area contributed by atoms with Crippen molar-refractivity contribution in [3.63, 3.8) is 0 Å². The van der Waals surface area contributed by atoms with E-state index >= 15 is 0 Å². The summed E-state index contributed by atoms with van der Waals surface area (Å²) in [6, 6.07) is 13.8. The van der Waals surface area contributed by atoms with Crippen LogP contribution in [0.1, 0.15) is 16.8 Å². The molecule has 0 atom stereocenters. The molecule has 27 heavy (non-hydrogen) atoms. The van der Waals surface area contributed by atoms with E-state index in [9.17, 15) is 8.78 Å². The molecule has 0 bridgehead atoms. The summed E-state index contributed by atoms with van der Waals surface area (Å²) in [6.45, 7) is 0.128. The Morgan fingerprint density at radius 1 is 1.11 bits per heavy atom. The summed E-state index contributed by atoms with van der Waals surface area (Å²) in [5, 5.41) is 8.89. The number of nitrogens with zero attached hydrogens (tertiary/aromatic N) is 2. The van der Waals surface area contributed by atoms with Gasteiger partial charge in [0.25, 0.3) is 0 Å². The van der Waals surface area contributed by atoms with Crippen LogP contribution in [0.2, 0.25) is 10.2 Å². The second-order valence-corrected chi connectivity index (χ2v) is 6.67. The number of halogens is 4. The van der Waals surface area contributed by atoms with Gasteiger partial charge in [0, 0.05) is 23.7 Å². The van der Waals surface area contributed by atoms with Crippen molar-refractivity contribution in [3.8, 4) is 11.4 Å². The van der Waals surface area contributed by atoms with Gasteiger partial charge < -0.3 is 10.1 Å². The van der Waals surface area contributed by atoms with Gasteiger partial charge in [0.05, 0.1) is 11.4 Å². The van der Waals surface area contributed by atoms with E-state index in [2.05, 4.69) is 15.2 Å². The van der Waals surface area contributed by atoms with Gasteiger partial charge in [0.2, 0.25) is 0 Å². The van der Waals surface area contributed by atoms with Crippen molar-refractivity contribution < 1.29 is 13.5 Å². The fourth-order valence-electron chi connectivity index (χ4n) is 2.63. The number of nitrogens with one attached hydrogen (secondary N) is 1. The van der Waals surface area contributed by atoms with Gasteiger partial charge in [-0.15, -0.1) is 0 Å². The molecule has 0 aliphatic heterocycles. The number of rotatable bonds is 7. The molecule has 0 aliphatic rings. The van der Waals surface area contributed by atoms with Crippen molar-refractivity contribution in [2.24, 2.45) is 0 Å². The first-order valence-corrected chi connectivity index (χ1v) is 8.94. The van der Waals surface area contributed by atoms with Gasteiger partial charge in [-0.3, -0.25) is 0 Å². The van der Waals surface area contributed by atoms with Gasteiger partial charge in [-0.2, -0.15) is 13.9 Å². The van der Waals surface area contributed by atoms with Gasteiger partial charge >= 0.3 is 6.61 Å². The molecule has 2 aromatic carbocycles. The number of aryl methyl sites for hydroxylation is 1. The van der Waals surface area contributed by atoms with Gasteiger partial charge in [-0.05, 0) is 42.8 Å². The number of benzene rings is 2. The monoisotopic (exact) mass is 411 g/mol. The van der Waals surface area contributed by atoms with Gasteiger partial charge in [-0.25, -0.2) is 4.68 Å². The SMILES string of the molecule is Cc1nn(-c2cccc(Cl)c2)c(Cl)c1CNCc1ccc(OC(F)F)cc1. The molecule has 3 rings (SSSR count). The quantitative estimate of drug-likeness (QED) is 0.567. The van der Waals surface area contributed by atoms with Crippen LogP contribution in [0.4, 0.5) is 8.78 Å². The predicted molar refractivity (Wildman–Crippen MR) is 102 cm³/mol. The van der Waals surface area contributed by atoms with Crippen LogP contribution in [-0.2, 0) is 13.1 Å². The van der Waals surface area contributed by atoms with Crippen LogP contribution in [0.25, 0.3) is 5.69 Å². The molecule has 0 unspecified atom stereocenters. The van der Waals surface area contributed by atoms with Crippen LogP contribution in [-0.4, -0.2) is 16.4 Å². The van der Waals surface area contributed by atoms with Crippen LogP contribution in [0.5, 0.6) is 5.75 Å². The fourth-order valence-corrected chi connectivity index (χ4v) is 3.16. The first-order chi connectivity index (χ1) is 12.9. The number of ether oxygens (including phenoxy) is 1. The Bertz CT molecular complexity index is 914. The van der Waals surface area contributed by atoms with E-state index in [-0.39, 0.29) is 5.75 Å². The maximum Gasteiger partial charge on any atom is 0.387 e. The lowest BCUT2D eigenvalue weighted by Crippen LogP contribution is -2.13. The Kier molecular flexibility index (Phi) is 6.31. The van der Waals surface area contributed by atoms with Crippen molar-refractivity contribution in [1.29, 1.82) is 0 Å². The van der Waals surface area contributed by atoms with Crippen molar-refractivity contribution in [2.45, 2.75) is 26.6 Å². The molecule has 142 valence electrons. The van der Waals surface area contributed by atoms with E-state index in [1.54, 1.807) is 28.9 Å². The summed E-state index contributed by atoms with van der Waals surface area (Å²) < 4.78 is 30.3. The standard InChI is InChI=1S/C19H17Cl2F2N3O/c1-12-17(18(21)26(25-12)15-4-2-3-14(20)9-15)11-24-10-13-5-7-16(8-6-13)27-19(22)23/h2-9,19,24H,10-11H2,1H3. The second kappa shape index (κ2) is 8.69. The third-order valence-electron chi connectivity index (χ3n) is 3.95. The lowest BCUT2D eigenvalue weighted by molar-refractivity contribution is -0.0498. The van der Waals surface area contributed by atoms with Crippen molar-refractivity contribution in [1.82, 2.24) is 15.1 Å². The van der Waals surface area contributed by atoms with Gasteiger partial charge in [0.15, 0.2) is 0 Å². The van der Waals surface area contributed by atoms with Crippen LogP contribution in [0, 0.1) is 6.92 Å². The van der Waals surface area contributed by atoms with E-state index < -0.39 is 6.61 Å². The first-order valence-electron chi connectivity index (χ1n) is 8.18. The minimum atomic E-state index is -2.82. The Morgan fingerprint density at radius 3 is 2.52 bits per heavy atom. The highest BCUT2D eigenvalue weighted by atomic mass is 35.5. The highest BCUT2D eigenvalue weighted by Crippen LogP contribution is 2.25. The average Bonchev–Trinajstić information content (AvgIpc) is 2.91. The summed E-state index contributed by atoms with van der Waals surface area (Å²) in [7, 11) is 0. The third-order valence-corrected chi connectivity index (χ3v) is 4.58. The molecule has 4 nitrogen and oxygen atoms in total. The van der Waals surface area contributed by atoms with Crippen LogP contribution in [0.3, 0.4) is 0 Å². The molecule has 0 saturated carbocycles. The summed E-state index contributed by atoms with van der Waals surface area (Å²) >= 11 is 12.5. The molecule has 8 heteroatoms. The molecule has 0 aliphatic carbocycles. The Balaban J connectivity index is 1.65. The third kappa shape index (κ3) is 4.97. The number of alkyl halides is 2. The second-order valence-electron chi connectivity index (χ2n) is 5.87. The largest absolute Gasteiger partial charge is 0.435 e. The normalized spacial score (nSPS) is 11.2. The summed E-state index contributed by atoms with van der Waals surface area (Å²) in [5.74, 6) is 0.135. The van der Waals surface area contributed by atoms with Gasteiger partial charge in [0.1, 0.15) is 10.9 Å². The highest BCUT2D eigenvalue weighted by Gasteiger charge is 2.14. The molecule has 0 amide bonds. The number of hydrogen-bond acceptors (Lipinski definition) is 3. The summed E-state index contributed by atoms with van der Waals surface area (Å²) in [5.41, 5.74) is 3.42. The minimum Gasteiger partial charge on any atom is -0.435 e. The molecule has 0 fully saturated rings. The van der Waals surface area contributed by atoms with E-state index in [1.165, 1.54) is 12.1 Å². The van der Waals surface area contributed by atoms with E-state index in [0.717, 1.165) is 22.5 Å². The van der Waals surface area contributed by atoms with Crippen LogP contribution >= 0.6 is 23.2 Å². The zero-order valence-electron chi connectivity index (χ0n) is 14.4. The summed E-state index contributed by atoms with van der Waals surface area (Å²) in [4.78, 5) is 0. The first kappa shape index (κ1) is 19.6. The van der Waals surface area contributed by atoms with Crippen molar-refractivity contribution in [3.05, 3.63) is 75.5 Å². The molecule has 3 aromatic rings. The zero-order chi connectivity index (χ0) is 19.4. The Morgan fingerprint density at radius 2 is 1.85 bits per heavy atom. The molecule has 0 spiro atoms. The number of aromatic nitrogens is 2. The molecule has 1 N–H and O–H groups in total. The molecular weight excluding hydrogens is 395 g/mol. The maximum atomic E-state index is 12.2. The fraction of sp³-hybridized carbons (Fsp3) is 0.211. The van der Waals surface area contributed by atoms with Crippen molar-refractivity contribution >= 4 is 23.2 Å². The molecule has 1 heterocycles. The van der Waals surface area contributed by atoms with Crippen LogP contribution < -0.4 is 10.1 Å². The number of hydrogen-bond donors (Lipinski definition) is 1. The van der Waals surface area contributed by atoms with Crippen molar-refractivity contribution in [2.75, 3.05) is 0 Å². The van der Waals surface area contributed by atoms with E-state index in [1.807, 2.05) is 19.1 Å². The lowest BCUT2D eigenvalue weighted by atomic mass is 10.2. The highest BCUT2D eigenvalue weighted by molar-refractivity contribution is 6.31. The Labute approximate surface area is 165 Å². The van der Waals surface area contributed by atoms with E-state index in [4.69, 9.17) is 23.2 Å². The smallest absolute Gasteiger partial charge is 0.387 e. The molecule has 0 radical (unpaired) electrons. The maximum absolute atomic E-state index is 12.2. The van der Waals surface area contributed by atoms with Crippen LogP contribution in [0.15, 0.2) is 48.5 Å². The lowest BCUT2D eigenvalue weighted by Gasteiger charge is -2.08. The molecule has 1 aromatic heterocycles. The summed E-state index contributed by atoms with van der Waals surface area (Å²) in [6.07, 6.45) is 0. The minimum absolute atomic E-state index is 0.135. The topological polar surface area (TPSA) is 39.1 Å². The molecular formula is C19H17Cl2F2N3O. The van der Waals surface area contributed by atoms with E-state index in [0.29, 0.717) is 23.3 Å². The van der Waals surface area contributed by atoms with Gasteiger partial charge in [-0.1, -0.05) is 41.4 Å².